The third kappa shape index (κ3) is 2.67. The topological polar surface area (TPSA) is 108 Å². The summed E-state index contributed by atoms with van der Waals surface area (Å²) in [5, 5.41) is 20.6. The minimum atomic E-state index is -1.00. The van der Waals surface area contributed by atoms with Crippen LogP contribution in [0.25, 0.3) is 0 Å². The van der Waals surface area contributed by atoms with E-state index in [1.165, 1.54) is 4.90 Å². The monoisotopic (exact) mass is 245 g/mol. The van der Waals surface area contributed by atoms with Crippen molar-refractivity contribution in [2.24, 2.45) is 16.3 Å². The number of amides is 1. The van der Waals surface area contributed by atoms with Gasteiger partial charge in [-0.25, -0.2) is 0 Å². The van der Waals surface area contributed by atoms with Gasteiger partial charge in [-0.15, -0.1) is 0 Å². The number of amidine groups is 1. The summed E-state index contributed by atoms with van der Waals surface area (Å²) in [6.45, 7) is 0.898. The maximum atomic E-state index is 12.3. The molecule has 0 spiro atoms. The molecule has 0 aromatic heterocycles. The van der Waals surface area contributed by atoms with Crippen LogP contribution in [0.15, 0.2) is 5.16 Å². The highest BCUT2D eigenvalue weighted by Crippen LogP contribution is 2.32. The van der Waals surface area contributed by atoms with E-state index in [1.807, 2.05) is 0 Å². The van der Waals surface area contributed by atoms with Crippen LogP contribution in [-0.2, 0) is 9.53 Å². The van der Waals surface area contributed by atoms with E-state index in [0.717, 1.165) is 0 Å². The fraction of sp³-hybridized carbons (Fsp3) is 0.800. The molecular formula is C10H19N3O4. The average molecular weight is 245 g/mol. The highest BCUT2D eigenvalue weighted by molar-refractivity contribution is 6.06. The quantitative estimate of drug-likeness (QED) is 0.254. The normalized spacial score (nSPS) is 20.0. The Balaban J connectivity index is 2.93. The van der Waals surface area contributed by atoms with E-state index in [2.05, 4.69) is 5.16 Å². The first kappa shape index (κ1) is 13.7. The molecule has 1 aliphatic heterocycles. The van der Waals surface area contributed by atoms with Crippen LogP contribution >= 0.6 is 0 Å². The van der Waals surface area contributed by atoms with Crippen molar-refractivity contribution in [3.05, 3.63) is 0 Å². The lowest BCUT2D eigenvalue weighted by Gasteiger charge is -2.37. The van der Waals surface area contributed by atoms with Crippen molar-refractivity contribution in [2.45, 2.75) is 12.8 Å². The van der Waals surface area contributed by atoms with E-state index in [-0.39, 0.29) is 24.9 Å². The molecule has 17 heavy (non-hydrogen) atoms. The summed E-state index contributed by atoms with van der Waals surface area (Å²) in [6.07, 6.45) is 0.773. The molecule has 0 aromatic rings. The molecule has 1 rings (SSSR count). The summed E-state index contributed by atoms with van der Waals surface area (Å²) < 4.78 is 5.20. The zero-order chi connectivity index (χ0) is 12.9. The first-order chi connectivity index (χ1) is 8.08. The highest BCUT2D eigenvalue weighted by atomic mass is 16.5. The van der Waals surface area contributed by atoms with Gasteiger partial charge < -0.3 is 25.7 Å². The van der Waals surface area contributed by atoms with Gasteiger partial charge in [-0.1, -0.05) is 5.16 Å². The van der Waals surface area contributed by atoms with E-state index in [1.54, 1.807) is 7.05 Å². The van der Waals surface area contributed by atoms with Crippen molar-refractivity contribution in [1.82, 2.24) is 4.90 Å². The van der Waals surface area contributed by atoms with Crippen LogP contribution in [-0.4, -0.2) is 60.4 Å². The molecule has 0 unspecified atom stereocenters. The molecule has 7 heteroatoms. The Bertz CT molecular complexity index is 300. The first-order valence-corrected chi connectivity index (χ1v) is 5.50. The molecular weight excluding hydrogens is 226 g/mol. The SMILES string of the molecule is CN(CCO)C(=O)C1(C(N)=NO)CCOCC1. The molecule has 0 bridgehead atoms. The summed E-state index contributed by atoms with van der Waals surface area (Å²) in [4.78, 5) is 13.7. The van der Waals surface area contributed by atoms with Gasteiger partial charge >= 0.3 is 0 Å². The molecule has 1 saturated heterocycles. The third-order valence-corrected chi connectivity index (χ3v) is 3.14. The Labute approximate surface area is 99.8 Å². The van der Waals surface area contributed by atoms with E-state index in [4.69, 9.17) is 20.8 Å². The number of ether oxygens (including phenoxy) is 1. The summed E-state index contributed by atoms with van der Waals surface area (Å²) >= 11 is 0. The smallest absolute Gasteiger partial charge is 0.236 e. The minimum Gasteiger partial charge on any atom is -0.409 e. The molecule has 4 N–H and O–H groups in total. The number of hydrogen-bond donors (Lipinski definition) is 3. The molecule has 0 aliphatic carbocycles. The lowest BCUT2D eigenvalue weighted by molar-refractivity contribution is -0.141. The van der Waals surface area contributed by atoms with E-state index in [9.17, 15) is 4.79 Å². The maximum absolute atomic E-state index is 12.3. The van der Waals surface area contributed by atoms with Crippen LogP contribution < -0.4 is 5.73 Å². The first-order valence-electron chi connectivity index (χ1n) is 5.50. The molecule has 98 valence electrons. The summed E-state index contributed by atoms with van der Waals surface area (Å²) in [6, 6.07) is 0. The predicted molar refractivity (Wildman–Crippen MR) is 60.6 cm³/mol. The van der Waals surface area contributed by atoms with Crippen LogP contribution in [0.1, 0.15) is 12.8 Å². The Morgan fingerprint density at radius 1 is 1.53 bits per heavy atom. The van der Waals surface area contributed by atoms with Gasteiger partial charge in [0.2, 0.25) is 5.91 Å². The number of aliphatic hydroxyl groups excluding tert-OH is 1. The number of nitrogens with two attached hydrogens (primary N) is 1. The van der Waals surface area contributed by atoms with Crippen LogP contribution in [0.2, 0.25) is 0 Å². The van der Waals surface area contributed by atoms with Crippen molar-refractivity contribution in [3.63, 3.8) is 0 Å². The van der Waals surface area contributed by atoms with E-state index >= 15 is 0 Å². The standard InChI is InChI=1S/C10H19N3O4/c1-13(4-5-14)9(15)10(8(11)12-16)2-6-17-7-3-10/h14,16H,2-7H2,1H3,(H2,11,12). The van der Waals surface area contributed by atoms with Crippen molar-refractivity contribution in [2.75, 3.05) is 33.4 Å². The number of likely N-dealkylation sites (N-methyl/N-ethyl adjacent to an activating group) is 1. The minimum absolute atomic E-state index is 0.0874. The van der Waals surface area contributed by atoms with Crippen molar-refractivity contribution in [3.8, 4) is 0 Å². The Morgan fingerprint density at radius 3 is 2.59 bits per heavy atom. The molecule has 1 aliphatic rings. The Morgan fingerprint density at radius 2 is 2.12 bits per heavy atom. The van der Waals surface area contributed by atoms with Crippen molar-refractivity contribution in [1.29, 1.82) is 0 Å². The zero-order valence-electron chi connectivity index (χ0n) is 9.93. The zero-order valence-corrected chi connectivity index (χ0v) is 9.93. The van der Waals surface area contributed by atoms with Gasteiger partial charge in [-0.3, -0.25) is 4.79 Å². The fourth-order valence-electron chi connectivity index (χ4n) is 2.01. The number of nitrogens with zero attached hydrogens (tertiary/aromatic N) is 2. The highest BCUT2D eigenvalue weighted by Gasteiger charge is 2.45. The Hall–Kier alpha value is -1.34. The maximum Gasteiger partial charge on any atom is 0.236 e. The number of hydrogen-bond acceptors (Lipinski definition) is 5. The van der Waals surface area contributed by atoms with Gasteiger partial charge in [0.05, 0.1) is 6.61 Å². The van der Waals surface area contributed by atoms with E-state index in [0.29, 0.717) is 26.1 Å². The molecule has 1 amide bonds. The van der Waals surface area contributed by atoms with Gasteiger partial charge in [-0.2, -0.15) is 0 Å². The second-order valence-electron chi connectivity index (χ2n) is 4.13. The van der Waals surface area contributed by atoms with Gasteiger partial charge in [-0.05, 0) is 12.8 Å². The average Bonchev–Trinajstić information content (AvgIpc) is 2.37. The molecule has 7 nitrogen and oxygen atoms in total. The summed E-state index contributed by atoms with van der Waals surface area (Å²) in [5.74, 6) is -0.333. The van der Waals surface area contributed by atoms with Crippen molar-refractivity contribution < 1.29 is 19.8 Å². The van der Waals surface area contributed by atoms with Gasteiger partial charge in [0.1, 0.15) is 5.41 Å². The van der Waals surface area contributed by atoms with E-state index < -0.39 is 5.41 Å². The van der Waals surface area contributed by atoms with Gasteiger partial charge in [0.15, 0.2) is 5.84 Å². The van der Waals surface area contributed by atoms with Crippen molar-refractivity contribution >= 4 is 11.7 Å². The van der Waals surface area contributed by atoms with Crippen LogP contribution in [0.5, 0.6) is 0 Å². The number of rotatable bonds is 4. The number of carbonyl (C=O) groups excluding carboxylic acids is 1. The number of aliphatic hydroxyl groups is 1. The molecule has 1 heterocycles. The molecule has 0 aromatic carbocycles. The molecule has 0 saturated carbocycles. The lowest BCUT2D eigenvalue weighted by Crippen LogP contribution is -2.53. The molecule has 0 atom stereocenters. The van der Waals surface area contributed by atoms with Crippen LogP contribution in [0.4, 0.5) is 0 Å². The largest absolute Gasteiger partial charge is 0.409 e. The Kier molecular flexibility index (Phi) is 4.71. The second kappa shape index (κ2) is 5.83. The number of carbonyl (C=O) groups is 1. The fourth-order valence-corrected chi connectivity index (χ4v) is 2.01. The number of oxime groups is 1. The van der Waals surface area contributed by atoms with Crippen LogP contribution in [0, 0.1) is 5.41 Å². The lowest BCUT2D eigenvalue weighted by atomic mass is 9.77. The summed E-state index contributed by atoms with van der Waals surface area (Å²) in [5.41, 5.74) is 4.65. The molecule has 0 radical (unpaired) electrons. The predicted octanol–water partition coefficient (Wildman–Crippen LogP) is -1.02. The van der Waals surface area contributed by atoms with Crippen LogP contribution in [0.3, 0.4) is 0 Å². The van der Waals surface area contributed by atoms with Gasteiger partial charge in [0.25, 0.3) is 0 Å². The second-order valence-corrected chi connectivity index (χ2v) is 4.13. The van der Waals surface area contributed by atoms with Gasteiger partial charge in [0, 0.05) is 26.8 Å². The summed E-state index contributed by atoms with van der Waals surface area (Å²) in [7, 11) is 1.58. The molecule has 1 fully saturated rings. The third-order valence-electron chi connectivity index (χ3n) is 3.14.